The highest BCUT2D eigenvalue weighted by atomic mass is 28.3. The topological polar surface area (TPSA) is 38.3 Å². The van der Waals surface area contributed by atoms with Crippen LogP contribution in [0.3, 0.4) is 0 Å². The van der Waals surface area contributed by atoms with E-state index in [2.05, 4.69) is 41.2 Å². The fourth-order valence-corrected chi connectivity index (χ4v) is 2.31. The molecule has 22 heavy (non-hydrogen) atoms. The smallest absolute Gasteiger partial charge is 0.330 e. The van der Waals surface area contributed by atoms with Crippen LogP contribution >= 0.6 is 0 Å². The molecule has 0 radical (unpaired) electrons. The molecule has 0 spiro atoms. The molecule has 4 heteroatoms. The summed E-state index contributed by atoms with van der Waals surface area (Å²) in [4.78, 5) is 11.3. The molecule has 0 bridgehead atoms. The number of anilines is 1. The molecule has 3 nitrogen and oxygen atoms in total. The minimum atomic E-state index is -1.45. The van der Waals surface area contributed by atoms with E-state index < -0.39 is 8.07 Å². The van der Waals surface area contributed by atoms with E-state index in [1.165, 1.54) is 13.2 Å². The third kappa shape index (κ3) is 7.14. The standard InChI is InChI=1S/C18H25NO2Si/c1-15(11-12-18(20)21-2)17(13-14-22(3,4)5)19-16-9-7-6-8-10-16/h6-12,15,17,19H,1-5H3/b12-11+. The predicted molar refractivity (Wildman–Crippen MR) is 95.3 cm³/mol. The fraction of sp³-hybridized carbons (Fsp3) is 0.389. The summed E-state index contributed by atoms with van der Waals surface area (Å²) in [7, 11) is -0.0745. The van der Waals surface area contributed by atoms with E-state index >= 15 is 0 Å². The van der Waals surface area contributed by atoms with Gasteiger partial charge in [0.05, 0.1) is 13.2 Å². The van der Waals surface area contributed by atoms with Gasteiger partial charge in [-0.25, -0.2) is 4.79 Å². The normalized spacial score (nSPS) is 13.9. The van der Waals surface area contributed by atoms with Crippen molar-refractivity contribution >= 4 is 19.7 Å². The molecule has 0 saturated heterocycles. The summed E-state index contributed by atoms with van der Waals surface area (Å²) in [6, 6.07) is 9.93. The number of ether oxygens (including phenoxy) is 1. The van der Waals surface area contributed by atoms with Gasteiger partial charge in [-0.2, -0.15) is 0 Å². The lowest BCUT2D eigenvalue weighted by Crippen LogP contribution is -2.26. The number of methoxy groups -OCH3 is 1. The summed E-state index contributed by atoms with van der Waals surface area (Å²) in [6.07, 6.45) is 3.30. The first-order chi connectivity index (χ1) is 10.3. The highest BCUT2D eigenvalue weighted by molar-refractivity contribution is 6.83. The number of hydrogen-bond acceptors (Lipinski definition) is 3. The molecular weight excluding hydrogens is 290 g/mol. The Hall–Kier alpha value is -1.99. The Bertz CT molecular complexity index is 564. The van der Waals surface area contributed by atoms with Gasteiger partial charge in [0, 0.05) is 17.7 Å². The lowest BCUT2D eigenvalue weighted by atomic mass is 10.0. The number of rotatable bonds is 5. The van der Waals surface area contributed by atoms with Crippen LogP contribution in [-0.2, 0) is 9.53 Å². The van der Waals surface area contributed by atoms with Crippen LogP contribution in [0.1, 0.15) is 6.92 Å². The number of benzene rings is 1. The van der Waals surface area contributed by atoms with Gasteiger partial charge in [0.25, 0.3) is 0 Å². The SMILES string of the molecule is COC(=O)/C=C/C(C)C(C#C[Si](C)(C)C)Nc1ccccc1. The van der Waals surface area contributed by atoms with Gasteiger partial charge in [0.1, 0.15) is 8.07 Å². The van der Waals surface area contributed by atoms with Gasteiger partial charge < -0.3 is 10.1 Å². The van der Waals surface area contributed by atoms with Gasteiger partial charge in [-0.3, -0.25) is 0 Å². The quantitative estimate of drug-likeness (QED) is 0.389. The zero-order valence-corrected chi connectivity index (χ0v) is 15.0. The largest absolute Gasteiger partial charge is 0.466 e. The Morgan fingerprint density at radius 2 is 1.91 bits per heavy atom. The second-order valence-corrected chi connectivity index (χ2v) is 11.0. The molecule has 0 amide bonds. The van der Waals surface area contributed by atoms with Gasteiger partial charge in [-0.15, -0.1) is 5.54 Å². The third-order valence-corrected chi connectivity index (χ3v) is 3.86. The van der Waals surface area contributed by atoms with E-state index in [0.29, 0.717) is 0 Å². The van der Waals surface area contributed by atoms with Crippen molar-refractivity contribution < 1.29 is 9.53 Å². The molecule has 1 aromatic carbocycles. The van der Waals surface area contributed by atoms with Gasteiger partial charge in [0.2, 0.25) is 0 Å². The molecule has 0 saturated carbocycles. The van der Waals surface area contributed by atoms with Crippen LogP contribution in [0.2, 0.25) is 19.6 Å². The second-order valence-electron chi connectivity index (χ2n) is 6.25. The first-order valence-corrected chi connectivity index (χ1v) is 10.9. The zero-order valence-electron chi connectivity index (χ0n) is 14.0. The van der Waals surface area contributed by atoms with Crippen molar-refractivity contribution in [3.63, 3.8) is 0 Å². The predicted octanol–water partition coefficient (Wildman–Crippen LogP) is 3.71. The van der Waals surface area contributed by atoms with Crippen LogP contribution in [0.5, 0.6) is 0 Å². The fourth-order valence-electron chi connectivity index (χ4n) is 1.72. The maximum Gasteiger partial charge on any atom is 0.330 e. The molecule has 0 aliphatic rings. The van der Waals surface area contributed by atoms with E-state index in [1.54, 1.807) is 0 Å². The molecule has 0 aliphatic carbocycles. The first kappa shape index (κ1) is 18.1. The molecule has 1 N–H and O–H groups in total. The van der Waals surface area contributed by atoms with Crippen molar-refractivity contribution in [3.05, 3.63) is 42.5 Å². The van der Waals surface area contributed by atoms with Crippen LogP contribution in [0.4, 0.5) is 5.69 Å². The summed E-state index contributed by atoms with van der Waals surface area (Å²) in [5.41, 5.74) is 4.42. The highest BCUT2D eigenvalue weighted by Gasteiger charge is 2.15. The number of carbonyl (C=O) groups is 1. The zero-order chi connectivity index (χ0) is 16.6. The number of esters is 1. The molecule has 1 aromatic rings. The number of hydrogen-bond donors (Lipinski definition) is 1. The van der Waals surface area contributed by atoms with Gasteiger partial charge >= 0.3 is 5.97 Å². The molecule has 0 fully saturated rings. The molecule has 0 aliphatic heterocycles. The molecule has 1 rings (SSSR count). The summed E-state index contributed by atoms with van der Waals surface area (Å²) in [5.74, 6) is 3.09. The minimum Gasteiger partial charge on any atom is -0.466 e. The van der Waals surface area contributed by atoms with Gasteiger partial charge in [-0.05, 0) is 12.1 Å². The van der Waals surface area contributed by atoms with Gasteiger partial charge in [-0.1, -0.05) is 56.8 Å². The summed E-state index contributed by atoms with van der Waals surface area (Å²) < 4.78 is 4.64. The molecule has 2 unspecified atom stereocenters. The average molecular weight is 315 g/mol. The Labute approximate surface area is 134 Å². The maximum atomic E-state index is 11.3. The van der Waals surface area contributed by atoms with Crippen molar-refractivity contribution in [2.24, 2.45) is 5.92 Å². The minimum absolute atomic E-state index is 0.0463. The molecular formula is C18H25NO2Si. The summed E-state index contributed by atoms with van der Waals surface area (Å²) in [6.45, 7) is 8.69. The summed E-state index contributed by atoms with van der Waals surface area (Å²) >= 11 is 0. The molecule has 118 valence electrons. The Balaban J connectivity index is 2.92. The van der Waals surface area contributed by atoms with E-state index in [1.807, 2.05) is 43.3 Å². The number of para-hydroxylation sites is 1. The Morgan fingerprint density at radius 1 is 1.27 bits per heavy atom. The number of nitrogens with one attached hydrogen (secondary N) is 1. The van der Waals surface area contributed by atoms with E-state index in [4.69, 9.17) is 0 Å². The van der Waals surface area contributed by atoms with Crippen molar-refractivity contribution in [3.8, 4) is 11.5 Å². The molecule has 0 aromatic heterocycles. The van der Waals surface area contributed by atoms with E-state index in [9.17, 15) is 4.79 Å². The van der Waals surface area contributed by atoms with Crippen LogP contribution in [0, 0.1) is 17.4 Å². The molecule has 0 heterocycles. The van der Waals surface area contributed by atoms with Crippen LogP contribution in [0.25, 0.3) is 0 Å². The Morgan fingerprint density at radius 3 is 2.45 bits per heavy atom. The van der Waals surface area contributed by atoms with E-state index in [0.717, 1.165) is 5.69 Å². The summed E-state index contributed by atoms with van der Waals surface area (Å²) in [5, 5.41) is 3.44. The van der Waals surface area contributed by atoms with Crippen molar-refractivity contribution in [1.29, 1.82) is 0 Å². The Kier molecular flexibility index (Phi) is 6.94. The third-order valence-electron chi connectivity index (χ3n) is 2.96. The van der Waals surface area contributed by atoms with Crippen molar-refractivity contribution in [2.45, 2.75) is 32.6 Å². The van der Waals surface area contributed by atoms with Crippen LogP contribution < -0.4 is 5.32 Å². The highest BCUT2D eigenvalue weighted by Crippen LogP contribution is 2.14. The van der Waals surface area contributed by atoms with Crippen molar-refractivity contribution in [1.82, 2.24) is 0 Å². The average Bonchev–Trinajstić information content (AvgIpc) is 2.48. The van der Waals surface area contributed by atoms with Crippen molar-refractivity contribution in [2.75, 3.05) is 12.4 Å². The van der Waals surface area contributed by atoms with Gasteiger partial charge in [0.15, 0.2) is 0 Å². The maximum absolute atomic E-state index is 11.3. The second kappa shape index (κ2) is 8.45. The monoisotopic (exact) mass is 315 g/mol. The first-order valence-electron chi connectivity index (χ1n) is 7.42. The van der Waals surface area contributed by atoms with Crippen LogP contribution in [-0.4, -0.2) is 27.2 Å². The number of carbonyl (C=O) groups excluding carboxylic acids is 1. The molecule has 2 atom stereocenters. The lowest BCUT2D eigenvalue weighted by molar-refractivity contribution is -0.134. The lowest BCUT2D eigenvalue weighted by Gasteiger charge is -2.20. The van der Waals surface area contributed by atoms with E-state index in [-0.39, 0.29) is 17.9 Å². The van der Waals surface area contributed by atoms with Crippen LogP contribution in [0.15, 0.2) is 42.5 Å².